The van der Waals surface area contributed by atoms with Crippen LogP contribution in [0.1, 0.15) is 12.5 Å². The van der Waals surface area contributed by atoms with Gasteiger partial charge in [0.1, 0.15) is 6.23 Å². The number of nitrogens with one attached hydrogen (secondary N) is 1. The molecular formula is C12H17NO. The van der Waals surface area contributed by atoms with E-state index < -0.39 is 0 Å². The van der Waals surface area contributed by atoms with Crippen molar-refractivity contribution in [3.05, 3.63) is 42.0 Å². The largest absolute Gasteiger partial charge is 0.360 e. The van der Waals surface area contributed by atoms with E-state index >= 15 is 0 Å². The van der Waals surface area contributed by atoms with Crippen LogP contribution in [0.25, 0.3) is 6.08 Å². The quantitative estimate of drug-likeness (QED) is 0.721. The van der Waals surface area contributed by atoms with Crippen LogP contribution in [0.3, 0.4) is 0 Å². The summed E-state index contributed by atoms with van der Waals surface area (Å²) >= 11 is 0. The van der Waals surface area contributed by atoms with Crippen molar-refractivity contribution in [2.24, 2.45) is 0 Å². The minimum Gasteiger partial charge on any atom is -0.360 e. The molecule has 0 spiro atoms. The second kappa shape index (κ2) is 6.35. The third-order valence-electron chi connectivity index (χ3n) is 1.89. The predicted molar refractivity (Wildman–Crippen MR) is 59.9 cm³/mol. The van der Waals surface area contributed by atoms with Crippen molar-refractivity contribution in [3.8, 4) is 0 Å². The third-order valence-corrected chi connectivity index (χ3v) is 1.89. The molecular weight excluding hydrogens is 174 g/mol. The van der Waals surface area contributed by atoms with Gasteiger partial charge in [0.05, 0.1) is 0 Å². The van der Waals surface area contributed by atoms with Crippen LogP contribution in [0.15, 0.2) is 36.4 Å². The summed E-state index contributed by atoms with van der Waals surface area (Å²) in [6.45, 7) is 2.70. The molecule has 0 saturated carbocycles. The monoisotopic (exact) mass is 191 g/mol. The Kier molecular flexibility index (Phi) is 4.97. The maximum atomic E-state index is 5.41. The zero-order valence-corrected chi connectivity index (χ0v) is 8.73. The van der Waals surface area contributed by atoms with E-state index in [9.17, 15) is 0 Å². The van der Waals surface area contributed by atoms with Gasteiger partial charge in [0.15, 0.2) is 0 Å². The average molecular weight is 191 g/mol. The maximum Gasteiger partial charge on any atom is 0.127 e. The fraction of sp³-hybridized carbons (Fsp3) is 0.333. The normalized spacial score (nSPS) is 13.3. The lowest BCUT2D eigenvalue weighted by atomic mass is 10.2. The molecule has 0 heterocycles. The Hall–Kier alpha value is -1.12. The second-order valence-corrected chi connectivity index (χ2v) is 2.93. The molecule has 0 bridgehead atoms. The molecule has 0 amide bonds. The second-order valence-electron chi connectivity index (χ2n) is 2.93. The molecule has 0 saturated heterocycles. The first kappa shape index (κ1) is 11.0. The van der Waals surface area contributed by atoms with Crippen LogP contribution in [0, 0.1) is 0 Å². The number of hydrogen-bond donors (Lipinski definition) is 1. The molecule has 0 aliphatic heterocycles. The number of rotatable bonds is 5. The molecule has 2 nitrogen and oxygen atoms in total. The fourth-order valence-corrected chi connectivity index (χ4v) is 1.18. The summed E-state index contributed by atoms with van der Waals surface area (Å²) in [4.78, 5) is 0. The fourth-order valence-electron chi connectivity index (χ4n) is 1.18. The van der Waals surface area contributed by atoms with Crippen LogP contribution in [0.2, 0.25) is 0 Å². The topological polar surface area (TPSA) is 21.3 Å². The molecule has 0 fully saturated rings. The van der Waals surface area contributed by atoms with E-state index in [2.05, 4.69) is 23.5 Å². The zero-order valence-electron chi connectivity index (χ0n) is 8.73. The standard InChI is InChI=1S/C12H17NO/c1-3-14-12(13-2)10-9-11-7-5-4-6-8-11/h4-10,12-13H,3H2,1-2H3. The van der Waals surface area contributed by atoms with E-state index in [-0.39, 0.29) is 6.23 Å². The minimum atomic E-state index is 0.000191. The summed E-state index contributed by atoms with van der Waals surface area (Å²) in [5, 5.41) is 3.06. The lowest BCUT2D eigenvalue weighted by Gasteiger charge is -2.10. The Bertz CT molecular complexity index is 269. The van der Waals surface area contributed by atoms with Gasteiger partial charge in [-0.3, -0.25) is 5.32 Å². The zero-order chi connectivity index (χ0) is 10.2. The smallest absolute Gasteiger partial charge is 0.127 e. The highest BCUT2D eigenvalue weighted by molar-refractivity contribution is 5.49. The van der Waals surface area contributed by atoms with Gasteiger partial charge in [0.25, 0.3) is 0 Å². The van der Waals surface area contributed by atoms with Gasteiger partial charge in [-0.25, -0.2) is 0 Å². The van der Waals surface area contributed by atoms with Crippen LogP contribution in [-0.2, 0) is 4.74 Å². The summed E-state index contributed by atoms with van der Waals surface area (Å²) in [7, 11) is 1.88. The number of ether oxygens (including phenoxy) is 1. The Balaban J connectivity index is 2.53. The SMILES string of the molecule is CCOC(C=Cc1ccccc1)NC. The average Bonchev–Trinajstić information content (AvgIpc) is 2.25. The first-order chi connectivity index (χ1) is 6.86. The van der Waals surface area contributed by atoms with Gasteiger partial charge in [-0.15, -0.1) is 0 Å². The van der Waals surface area contributed by atoms with Crippen molar-refractivity contribution in [1.29, 1.82) is 0 Å². The molecule has 1 unspecified atom stereocenters. The number of benzene rings is 1. The lowest BCUT2D eigenvalue weighted by molar-refractivity contribution is 0.0788. The van der Waals surface area contributed by atoms with Crippen LogP contribution >= 0.6 is 0 Å². The van der Waals surface area contributed by atoms with Crippen LogP contribution < -0.4 is 5.32 Å². The first-order valence-electron chi connectivity index (χ1n) is 4.89. The maximum absolute atomic E-state index is 5.41. The Morgan fingerprint density at radius 2 is 2.07 bits per heavy atom. The van der Waals surface area contributed by atoms with Crippen molar-refractivity contribution in [3.63, 3.8) is 0 Å². The van der Waals surface area contributed by atoms with Gasteiger partial charge in [-0.05, 0) is 25.6 Å². The molecule has 76 valence electrons. The molecule has 0 aromatic heterocycles. The van der Waals surface area contributed by atoms with E-state index in [0.29, 0.717) is 6.61 Å². The Morgan fingerprint density at radius 3 is 2.64 bits per heavy atom. The molecule has 0 radical (unpaired) electrons. The molecule has 1 N–H and O–H groups in total. The summed E-state index contributed by atoms with van der Waals surface area (Å²) in [6, 6.07) is 10.2. The van der Waals surface area contributed by atoms with E-state index in [1.165, 1.54) is 5.56 Å². The van der Waals surface area contributed by atoms with Gasteiger partial charge in [-0.1, -0.05) is 36.4 Å². The van der Waals surface area contributed by atoms with Crippen molar-refractivity contribution >= 4 is 6.08 Å². The Morgan fingerprint density at radius 1 is 1.36 bits per heavy atom. The summed E-state index contributed by atoms with van der Waals surface area (Å²) in [6.07, 6.45) is 4.07. The van der Waals surface area contributed by atoms with Gasteiger partial charge >= 0.3 is 0 Å². The van der Waals surface area contributed by atoms with Crippen molar-refractivity contribution in [1.82, 2.24) is 5.32 Å². The third kappa shape index (κ3) is 3.73. The van der Waals surface area contributed by atoms with Crippen molar-refractivity contribution < 1.29 is 4.74 Å². The lowest BCUT2D eigenvalue weighted by Crippen LogP contribution is -2.25. The van der Waals surface area contributed by atoms with E-state index in [4.69, 9.17) is 4.74 Å². The van der Waals surface area contributed by atoms with Crippen LogP contribution in [0.5, 0.6) is 0 Å². The first-order valence-corrected chi connectivity index (χ1v) is 4.89. The summed E-state index contributed by atoms with van der Waals surface area (Å²) in [5.74, 6) is 0. The predicted octanol–water partition coefficient (Wildman–Crippen LogP) is 2.28. The van der Waals surface area contributed by atoms with Crippen molar-refractivity contribution in [2.75, 3.05) is 13.7 Å². The highest BCUT2D eigenvalue weighted by Gasteiger charge is 1.97. The molecule has 1 atom stereocenters. The Labute approximate surface area is 85.6 Å². The van der Waals surface area contributed by atoms with E-state index in [1.54, 1.807) is 0 Å². The van der Waals surface area contributed by atoms with Crippen molar-refractivity contribution in [2.45, 2.75) is 13.2 Å². The number of hydrogen-bond acceptors (Lipinski definition) is 2. The minimum absolute atomic E-state index is 0.000191. The van der Waals surface area contributed by atoms with Gasteiger partial charge in [0, 0.05) is 6.61 Å². The van der Waals surface area contributed by atoms with Crippen LogP contribution in [-0.4, -0.2) is 19.9 Å². The highest BCUT2D eigenvalue weighted by Crippen LogP contribution is 2.02. The molecule has 1 aromatic rings. The number of likely N-dealkylation sites (N-methyl/N-ethyl adjacent to an activating group) is 1. The summed E-state index contributed by atoms with van der Waals surface area (Å²) < 4.78 is 5.41. The molecule has 2 heteroatoms. The summed E-state index contributed by atoms with van der Waals surface area (Å²) in [5.41, 5.74) is 1.19. The highest BCUT2D eigenvalue weighted by atomic mass is 16.5. The van der Waals surface area contributed by atoms with Gasteiger partial charge in [0.2, 0.25) is 0 Å². The molecule has 1 rings (SSSR count). The van der Waals surface area contributed by atoms with E-state index in [1.807, 2.05) is 38.2 Å². The molecule has 14 heavy (non-hydrogen) atoms. The van der Waals surface area contributed by atoms with Crippen LogP contribution in [0.4, 0.5) is 0 Å². The van der Waals surface area contributed by atoms with Gasteiger partial charge in [-0.2, -0.15) is 0 Å². The molecule has 0 aliphatic carbocycles. The van der Waals surface area contributed by atoms with E-state index in [0.717, 1.165) is 0 Å². The van der Waals surface area contributed by atoms with Gasteiger partial charge < -0.3 is 4.74 Å². The molecule has 0 aliphatic rings. The molecule has 1 aromatic carbocycles.